The number of nitrogens with one attached hydrogen (secondary N) is 1. The molecule has 1 rings (SSSR count). The zero-order valence-corrected chi connectivity index (χ0v) is 6.96. The summed E-state index contributed by atoms with van der Waals surface area (Å²) < 4.78 is 0. The molecule has 1 aromatic rings. The van der Waals surface area contributed by atoms with E-state index in [0.717, 1.165) is 17.3 Å². The summed E-state index contributed by atoms with van der Waals surface area (Å²) in [7, 11) is 0. The Morgan fingerprint density at radius 1 is 1.58 bits per heavy atom. The summed E-state index contributed by atoms with van der Waals surface area (Å²) in [6.45, 7) is 3.78. The fourth-order valence-electron chi connectivity index (χ4n) is 0.816. The predicted octanol–water partition coefficient (Wildman–Crippen LogP) is 1.12. The smallest absolute Gasteiger partial charge is 0.328 e. The van der Waals surface area contributed by atoms with Crippen molar-refractivity contribution in [3.8, 4) is 0 Å². The van der Waals surface area contributed by atoms with E-state index < -0.39 is 5.97 Å². The fraction of sp³-hybridized carbons (Fsp3) is 0.250. The maximum absolute atomic E-state index is 10.2. The Kier molecular flexibility index (Phi) is 2.28. The minimum Gasteiger partial charge on any atom is -0.478 e. The molecule has 0 radical (unpaired) electrons. The van der Waals surface area contributed by atoms with Crippen molar-refractivity contribution in [1.29, 1.82) is 0 Å². The predicted molar refractivity (Wildman–Crippen MR) is 44.7 cm³/mol. The van der Waals surface area contributed by atoms with Crippen molar-refractivity contribution in [2.75, 3.05) is 0 Å². The molecule has 0 saturated carbocycles. The van der Waals surface area contributed by atoms with E-state index in [4.69, 9.17) is 5.11 Å². The first-order valence-electron chi connectivity index (χ1n) is 3.54. The molecular formula is C8H10N2O2. The van der Waals surface area contributed by atoms with Gasteiger partial charge in [0, 0.05) is 11.8 Å². The molecule has 1 aromatic heterocycles. The third-order valence-corrected chi connectivity index (χ3v) is 1.67. The zero-order valence-electron chi connectivity index (χ0n) is 6.96. The first-order valence-corrected chi connectivity index (χ1v) is 3.54. The van der Waals surface area contributed by atoms with Crippen molar-refractivity contribution in [2.45, 2.75) is 13.8 Å². The van der Waals surface area contributed by atoms with Crippen LogP contribution in [-0.2, 0) is 4.79 Å². The molecule has 0 spiro atoms. The van der Waals surface area contributed by atoms with Gasteiger partial charge in [-0.1, -0.05) is 0 Å². The minimum atomic E-state index is -0.963. The Balaban J connectivity index is 2.90. The number of hydrogen-bond donors (Lipinski definition) is 2. The molecule has 0 saturated heterocycles. The molecule has 1 heterocycles. The Bertz CT molecular complexity index is 326. The van der Waals surface area contributed by atoms with E-state index in [-0.39, 0.29) is 0 Å². The van der Waals surface area contributed by atoms with Gasteiger partial charge in [0.15, 0.2) is 0 Å². The molecule has 0 aromatic carbocycles. The number of rotatable bonds is 2. The van der Waals surface area contributed by atoms with Crippen molar-refractivity contribution < 1.29 is 9.90 Å². The lowest BCUT2D eigenvalue weighted by molar-refractivity contribution is -0.131. The molecule has 4 heteroatoms. The highest BCUT2D eigenvalue weighted by molar-refractivity contribution is 5.85. The van der Waals surface area contributed by atoms with E-state index in [0.29, 0.717) is 5.69 Å². The molecule has 2 N–H and O–H groups in total. The summed E-state index contributed by atoms with van der Waals surface area (Å²) in [6.07, 6.45) is 2.55. The number of carbonyl (C=O) groups is 1. The topological polar surface area (TPSA) is 66.0 Å². The fourth-order valence-corrected chi connectivity index (χ4v) is 0.816. The van der Waals surface area contributed by atoms with Crippen LogP contribution in [0.15, 0.2) is 6.08 Å². The van der Waals surface area contributed by atoms with Crippen LogP contribution in [0.1, 0.15) is 17.0 Å². The molecule has 12 heavy (non-hydrogen) atoms. The van der Waals surface area contributed by atoms with Crippen molar-refractivity contribution >= 4 is 12.0 Å². The van der Waals surface area contributed by atoms with Gasteiger partial charge in [-0.05, 0) is 25.5 Å². The van der Waals surface area contributed by atoms with Crippen LogP contribution in [0.5, 0.6) is 0 Å². The molecule has 0 aliphatic rings. The molecule has 0 amide bonds. The molecule has 64 valence electrons. The summed E-state index contributed by atoms with van der Waals surface area (Å²) in [6, 6.07) is 0. The lowest BCUT2D eigenvalue weighted by atomic mass is 10.2. The summed E-state index contributed by atoms with van der Waals surface area (Å²) in [5, 5.41) is 15.0. The maximum Gasteiger partial charge on any atom is 0.328 e. The second kappa shape index (κ2) is 3.21. The van der Waals surface area contributed by atoms with Crippen LogP contribution in [0.25, 0.3) is 6.08 Å². The van der Waals surface area contributed by atoms with Crippen LogP contribution in [0.4, 0.5) is 0 Å². The quantitative estimate of drug-likeness (QED) is 0.647. The lowest BCUT2D eigenvalue weighted by Gasteiger charge is -1.87. The molecule has 0 aliphatic heterocycles. The third kappa shape index (κ3) is 1.72. The number of aromatic nitrogens is 2. The van der Waals surface area contributed by atoms with E-state index in [1.807, 2.05) is 13.8 Å². The standard InChI is InChI=1S/C8H10N2O2/c1-5-6(2)9-10-7(5)3-4-8(11)12/h3-4H,1-2H3,(H,9,10)(H,11,12)/b4-3+. The van der Waals surface area contributed by atoms with Gasteiger partial charge in [-0.15, -0.1) is 0 Å². The van der Waals surface area contributed by atoms with Crippen LogP contribution in [-0.4, -0.2) is 21.3 Å². The van der Waals surface area contributed by atoms with Gasteiger partial charge in [0.1, 0.15) is 0 Å². The summed E-state index contributed by atoms with van der Waals surface area (Å²) in [5.74, 6) is -0.963. The van der Waals surface area contributed by atoms with Crippen LogP contribution in [0.3, 0.4) is 0 Å². The van der Waals surface area contributed by atoms with Gasteiger partial charge in [0.2, 0.25) is 0 Å². The van der Waals surface area contributed by atoms with E-state index in [1.165, 1.54) is 6.08 Å². The number of hydrogen-bond acceptors (Lipinski definition) is 2. The molecule has 0 aliphatic carbocycles. The van der Waals surface area contributed by atoms with Gasteiger partial charge in [-0.25, -0.2) is 4.79 Å². The molecular weight excluding hydrogens is 156 g/mol. The first kappa shape index (κ1) is 8.52. The molecule has 0 atom stereocenters. The van der Waals surface area contributed by atoms with Gasteiger partial charge in [-0.3, -0.25) is 5.10 Å². The molecule has 0 bridgehead atoms. The van der Waals surface area contributed by atoms with E-state index >= 15 is 0 Å². The average Bonchev–Trinajstić information content (AvgIpc) is 2.30. The number of aliphatic carboxylic acids is 1. The average molecular weight is 166 g/mol. The Hall–Kier alpha value is -1.58. The Labute approximate surface area is 69.9 Å². The van der Waals surface area contributed by atoms with Crippen LogP contribution >= 0.6 is 0 Å². The largest absolute Gasteiger partial charge is 0.478 e. The first-order chi connectivity index (χ1) is 5.61. The van der Waals surface area contributed by atoms with Gasteiger partial charge in [-0.2, -0.15) is 5.10 Å². The second-order valence-corrected chi connectivity index (χ2v) is 2.53. The Morgan fingerprint density at radius 3 is 2.67 bits per heavy atom. The normalized spacial score (nSPS) is 10.8. The number of carboxylic acid groups (broad SMARTS) is 1. The maximum atomic E-state index is 10.2. The highest BCUT2D eigenvalue weighted by Gasteiger charge is 2.01. The number of nitrogens with zero attached hydrogens (tertiary/aromatic N) is 1. The van der Waals surface area contributed by atoms with Crippen LogP contribution in [0.2, 0.25) is 0 Å². The second-order valence-electron chi connectivity index (χ2n) is 2.53. The Morgan fingerprint density at radius 2 is 2.25 bits per heavy atom. The van der Waals surface area contributed by atoms with E-state index in [1.54, 1.807) is 0 Å². The summed E-state index contributed by atoms with van der Waals surface area (Å²) in [4.78, 5) is 10.2. The minimum absolute atomic E-state index is 0.676. The van der Waals surface area contributed by atoms with Crippen LogP contribution in [0, 0.1) is 13.8 Å². The number of H-pyrrole nitrogens is 1. The highest BCUT2D eigenvalue weighted by Crippen LogP contribution is 2.09. The molecule has 0 unspecified atom stereocenters. The monoisotopic (exact) mass is 166 g/mol. The van der Waals surface area contributed by atoms with Crippen molar-refractivity contribution in [1.82, 2.24) is 10.2 Å². The van der Waals surface area contributed by atoms with Gasteiger partial charge < -0.3 is 5.11 Å². The summed E-state index contributed by atoms with van der Waals surface area (Å²) >= 11 is 0. The van der Waals surface area contributed by atoms with E-state index in [9.17, 15) is 4.79 Å². The SMILES string of the molecule is Cc1[nH]nc(/C=C/C(=O)O)c1C. The zero-order chi connectivity index (χ0) is 9.14. The van der Waals surface area contributed by atoms with Gasteiger partial charge >= 0.3 is 5.97 Å². The highest BCUT2D eigenvalue weighted by atomic mass is 16.4. The molecule has 4 nitrogen and oxygen atoms in total. The van der Waals surface area contributed by atoms with E-state index in [2.05, 4.69) is 10.2 Å². The lowest BCUT2D eigenvalue weighted by Crippen LogP contribution is -1.86. The van der Waals surface area contributed by atoms with Crippen molar-refractivity contribution in [3.05, 3.63) is 23.0 Å². The summed E-state index contributed by atoms with van der Waals surface area (Å²) in [5.41, 5.74) is 2.61. The number of carboxylic acids is 1. The van der Waals surface area contributed by atoms with Crippen LogP contribution < -0.4 is 0 Å². The van der Waals surface area contributed by atoms with Crippen molar-refractivity contribution in [3.63, 3.8) is 0 Å². The third-order valence-electron chi connectivity index (χ3n) is 1.67. The van der Waals surface area contributed by atoms with Crippen molar-refractivity contribution in [2.24, 2.45) is 0 Å². The number of aromatic amines is 1. The van der Waals surface area contributed by atoms with Gasteiger partial charge in [0.25, 0.3) is 0 Å². The molecule has 0 fully saturated rings. The number of aryl methyl sites for hydroxylation is 1. The van der Waals surface area contributed by atoms with Gasteiger partial charge in [0.05, 0.1) is 5.69 Å².